The van der Waals surface area contributed by atoms with Crippen LogP contribution in [0.25, 0.3) is 0 Å². The Kier molecular flexibility index (Phi) is 5.32. The van der Waals surface area contributed by atoms with Crippen molar-refractivity contribution < 1.29 is 4.42 Å². The van der Waals surface area contributed by atoms with Crippen LogP contribution in [0.15, 0.2) is 40.9 Å². The summed E-state index contributed by atoms with van der Waals surface area (Å²) in [5.74, 6) is 1.95. The van der Waals surface area contributed by atoms with Crippen LogP contribution >= 0.6 is 0 Å². The van der Waals surface area contributed by atoms with E-state index in [1.165, 1.54) is 0 Å². The van der Waals surface area contributed by atoms with E-state index in [1.54, 1.807) is 0 Å². The lowest BCUT2D eigenvalue weighted by Gasteiger charge is -2.28. The number of furan rings is 1. The van der Waals surface area contributed by atoms with Gasteiger partial charge in [0.1, 0.15) is 11.5 Å². The van der Waals surface area contributed by atoms with E-state index in [4.69, 9.17) is 10.2 Å². The summed E-state index contributed by atoms with van der Waals surface area (Å²) in [5.41, 5.74) is 7.01. The predicted molar refractivity (Wildman–Crippen MR) is 80.2 cm³/mol. The van der Waals surface area contributed by atoms with Gasteiger partial charge in [-0.15, -0.1) is 0 Å². The maximum Gasteiger partial charge on any atom is 0.122 e. The van der Waals surface area contributed by atoms with Gasteiger partial charge in [0.2, 0.25) is 0 Å². The molecule has 0 aliphatic carbocycles. The molecule has 2 rings (SSSR count). The summed E-state index contributed by atoms with van der Waals surface area (Å²) in [6.07, 6.45) is 2.73. The summed E-state index contributed by atoms with van der Waals surface area (Å²) in [6, 6.07) is 10.2. The predicted octanol–water partition coefficient (Wildman–Crippen LogP) is 2.76. The minimum Gasteiger partial charge on any atom is -0.464 e. The number of likely N-dealkylation sites (N-methyl/N-ethyl adjacent to an activating group) is 1. The van der Waals surface area contributed by atoms with Gasteiger partial charge >= 0.3 is 0 Å². The number of nitrogens with two attached hydrogens (primary N) is 1. The Bertz CT molecular complexity index is 509. The summed E-state index contributed by atoms with van der Waals surface area (Å²) in [5, 5.41) is 0. The highest BCUT2D eigenvalue weighted by molar-refractivity contribution is 5.12. The van der Waals surface area contributed by atoms with Gasteiger partial charge in [0.15, 0.2) is 0 Å². The van der Waals surface area contributed by atoms with Crippen molar-refractivity contribution in [2.45, 2.75) is 32.9 Å². The molecule has 2 aromatic heterocycles. The maximum absolute atomic E-state index is 5.96. The molecule has 0 aromatic carbocycles. The minimum atomic E-state index is 0.0994. The summed E-state index contributed by atoms with van der Waals surface area (Å²) in [7, 11) is 0. The first-order valence-electron chi connectivity index (χ1n) is 7.21. The number of pyridine rings is 1. The Morgan fingerprint density at radius 1 is 1.25 bits per heavy atom. The van der Waals surface area contributed by atoms with E-state index in [2.05, 4.69) is 23.7 Å². The molecule has 0 saturated heterocycles. The van der Waals surface area contributed by atoms with Crippen molar-refractivity contribution in [1.29, 1.82) is 0 Å². The van der Waals surface area contributed by atoms with Gasteiger partial charge in [-0.1, -0.05) is 19.9 Å². The van der Waals surface area contributed by atoms with E-state index >= 15 is 0 Å². The van der Waals surface area contributed by atoms with Crippen molar-refractivity contribution in [2.75, 3.05) is 13.1 Å². The molecule has 0 spiro atoms. The first-order chi connectivity index (χ1) is 9.78. The Hall–Kier alpha value is -1.65. The Morgan fingerprint density at radius 3 is 2.65 bits per heavy atom. The van der Waals surface area contributed by atoms with Crippen LogP contribution in [-0.4, -0.2) is 23.0 Å². The van der Waals surface area contributed by atoms with Gasteiger partial charge in [0.25, 0.3) is 0 Å². The molecule has 0 aliphatic heterocycles. The lowest BCUT2D eigenvalue weighted by Crippen LogP contribution is -2.33. The molecule has 0 aliphatic rings. The van der Waals surface area contributed by atoms with E-state index in [9.17, 15) is 0 Å². The van der Waals surface area contributed by atoms with Crippen LogP contribution in [0.5, 0.6) is 0 Å². The molecule has 2 aromatic rings. The first kappa shape index (κ1) is 14.8. The zero-order chi connectivity index (χ0) is 14.4. The van der Waals surface area contributed by atoms with Gasteiger partial charge in [-0.05, 0) is 30.8 Å². The largest absolute Gasteiger partial charge is 0.464 e. The SMILES string of the molecule is CCc1ccc(C(CN)N(CC)Cc2ccccn2)o1. The number of aromatic nitrogens is 1. The molecule has 2 N–H and O–H groups in total. The monoisotopic (exact) mass is 273 g/mol. The number of hydrogen-bond donors (Lipinski definition) is 1. The number of nitrogens with zero attached hydrogens (tertiary/aromatic N) is 2. The number of hydrogen-bond acceptors (Lipinski definition) is 4. The average Bonchev–Trinajstić information content (AvgIpc) is 2.97. The molecular weight excluding hydrogens is 250 g/mol. The number of rotatable bonds is 7. The first-order valence-corrected chi connectivity index (χ1v) is 7.21. The topological polar surface area (TPSA) is 55.3 Å². The van der Waals surface area contributed by atoms with E-state index in [0.29, 0.717) is 6.54 Å². The van der Waals surface area contributed by atoms with Crippen LogP contribution in [-0.2, 0) is 13.0 Å². The van der Waals surface area contributed by atoms with Crippen LogP contribution < -0.4 is 5.73 Å². The Morgan fingerprint density at radius 2 is 2.10 bits per heavy atom. The average molecular weight is 273 g/mol. The third-order valence-electron chi connectivity index (χ3n) is 3.52. The third kappa shape index (κ3) is 3.46. The van der Waals surface area contributed by atoms with Crippen LogP contribution in [0.1, 0.15) is 37.1 Å². The molecule has 1 unspecified atom stereocenters. The van der Waals surface area contributed by atoms with Gasteiger partial charge in [-0.3, -0.25) is 9.88 Å². The highest BCUT2D eigenvalue weighted by Crippen LogP contribution is 2.23. The fourth-order valence-corrected chi connectivity index (χ4v) is 2.35. The van der Waals surface area contributed by atoms with Crippen molar-refractivity contribution >= 4 is 0 Å². The second-order valence-corrected chi connectivity index (χ2v) is 4.79. The summed E-state index contributed by atoms with van der Waals surface area (Å²) < 4.78 is 5.86. The molecule has 0 bridgehead atoms. The second kappa shape index (κ2) is 7.22. The van der Waals surface area contributed by atoms with Crippen molar-refractivity contribution in [1.82, 2.24) is 9.88 Å². The summed E-state index contributed by atoms with van der Waals surface area (Å²) in [6.45, 7) is 6.44. The summed E-state index contributed by atoms with van der Waals surface area (Å²) in [4.78, 5) is 6.68. The maximum atomic E-state index is 5.96. The fourth-order valence-electron chi connectivity index (χ4n) is 2.35. The fraction of sp³-hybridized carbons (Fsp3) is 0.438. The molecule has 1 atom stereocenters. The van der Waals surface area contributed by atoms with E-state index in [-0.39, 0.29) is 6.04 Å². The highest BCUT2D eigenvalue weighted by Gasteiger charge is 2.21. The summed E-state index contributed by atoms with van der Waals surface area (Å²) >= 11 is 0. The second-order valence-electron chi connectivity index (χ2n) is 4.79. The molecule has 108 valence electrons. The highest BCUT2D eigenvalue weighted by atomic mass is 16.3. The van der Waals surface area contributed by atoms with Gasteiger partial charge < -0.3 is 10.2 Å². The molecule has 0 amide bonds. The van der Waals surface area contributed by atoms with Crippen molar-refractivity contribution in [3.8, 4) is 0 Å². The van der Waals surface area contributed by atoms with Crippen LogP contribution in [0.4, 0.5) is 0 Å². The zero-order valence-electron chi connectivity index (χ0n) is 12.2. The molecule has 4 nitrogen and oxygen atoms in total. The van der Waals surface area contributed by atoms with E-state index in [1.807, 2.05) is 36.5 Å². The normalized spacial score (nSPS) is 12.8. The van der Waals surface area contributed by atoms with Gasteiger partial charge in [0, 0.05) is 25.7 Å². The molecule has 0 fully saturated rings. The van der Waals surface area contributed by atoms with E-state index < -0.39 is 0 Å². The molecule has 0 saturated carbocycles. The third-order valence-corrected chi connectivity index (χ3v) is 3.52. The smallest absolute Gasteiger partial charge is 0.122 e. The Balaban J connectivity index is 2.14. The molecule has 0 radical (unpaired) electrons. The number of aryl methyl sites for hydroxylation is 1. The van der Waals surface area contributed by atoms with Crippen molar-refractivity contribution in [3.05, 3.63) is 53.7 Å². The van der Waals surface area contributed by atoms with Gasteiger partial charge in [-0.2, -0.15) is 0 Å². The van der Waals surface area contributed by atoms with Crippen LogP contribution in [0.2, 0.25) is 0 Å². The molecule has 2 heterocycles. The van der Waals surface area contributed by atoms with Crippen molar-refractivity contribution in [2.24, 2.45) is 5.73 Å². The van der Waals surface area contributed by atoms with E-state index in [0.717, 1.165) is 36.7 Å². The molecule has 4 heteroatoms. The quantitative estimate of drug-likeness (QED) is 0.842. The van der Waals surface area contributed by atoms with Crippen LogP contribution in [0, 0.1) is 0 Å². The lowest BCUT2D eigenvalue weighted by molar-refractivity contribution is 0.176. The molecular formula is C16H23N3O. The van der Waals surface area contributed by atoms with Crippen molar-refractivity contribution in [3.63, 3.8) is 0 Å². The van der Waals surface area contributed by atoms with Gasteiger partial charge in [0.05, 0.1) is 11.7 Å². The Labute approximate surface area is 120 Å². The standard InChI is InChI=1S/C16H23N3O/c1-3-14-8-9-16(20-14)15(11-17)19(4-2)12-13-7-5-6-10-18-13/h5-10,15H,3-4,11-12,17H2,1-2H3. The lowest BCUT2D eigenvalue weighted by atomic mass is 10.1. The van der Waals surface area contributed by atoms with Gasteiger partial charge in [-0.25, -0.2) is 0 Å². The molecule has 20 heavy (non-hydrogen) atoms. The zero-order valence-corrected chi connectivity index (χ0v) is 12.2. The minimum absolute atomic E-state index is 0.0994. The van der Waals surface area contributed by atoms with Crippen LogP contribution in [0.3, 0.4) is 0 Å².